The van der Waals surface area contributed by atoms with Gasteiger partial charge in [-0.25, -0.2) is 0 Å². The first-order valence-corrected chi connectivity index (χ1v) is 6.11. The maximum atomic E-state index is 11.9. The molecule has 0 radical (unpaired) electrons. The molecule has 0 heterocycles. The zero-order chi connectivity index (χ0) is 15.0. The van der Waals surface area contributed by atoms with Crippen LogP contribution in [0.1, 0.15) is 11.5 Å². The third-order valence-electron chi connectivity index (χ3n) is 2.57. The highest BCUT2D eigenvalue weighted by atomic mass is 19.4. The van der Waals surface area contributed by atoms with E-state index in [0.29, 0.717) is 0 Å². The second kappa shape index (κ2) is 7.86. The molecule has 4 nitrogen and oxygen atoms in total. The number of hydrogen-bond donors (Lipinski definition) is 2. The monoisotopic (exact) mass is 290 g/mol. The summed E-state index contributed by atoms with van der Waals surface area (Å²) >= 11 is 0. The number of carbonyl (C=O) groups excluding carboxylic acids is 1. The van der Waals surface area contributed by atoms with Crippen molar-refractivity contribution in [3.05, 3.63) is 35.9 Å². The van der Waals surface area contributed by atoms with Crippen molar-refractivity contribution < 1.29 is 22.7 Å². The maximum absolute atomic E-state index is 11.9. The van der Waals surface area contributed by atoms with Crippen LogP contribution in [0.25, 0.3) is 0 Å². The van der Waals surface area contributed by atoms with Gasteiger partial charge in [0, 0.05) is 13.1 Å². The number of halogens is 3. The van der Waals surface area contributed by atoms with Crippen molar-refractivity contribution in [3.63, 3.8) is 0 Å². The molecule has 0 aliphatic carbocycles. The van der Waals surface area contributed by atoms with Crippen molar-refractivity contribution in [2.75, 3.05) is 26.3 Å². The molecule has 7 heteroatoms. The van der Waals surface area contributed by atoms with Crippen LogP contribution in [0.4, 0.5) is 13.2 Å². The molecule has 0 saturated heterocycles. The fraction of sp³-hybridized carbons (Fsp3) is 0.462. The van der Waals surface area contributed by atoms with Crippen molar-refractivity contribution in [3.8, 4) is 0 Å². The van der Waals surface area contributed by atoms with E-state index in [9.17, 15) is 18.0 Å². The number of rotatable bonds is 7. The largest absolute Gasteiger partial charge is 0.411 e. The van der Waals surface area contributed by atoms with E-state index in [4.69, 9.17) is 5.73 Å². The van der Waals surface area contributed by atoms with Crippen LogP contribution in [0.2, 0.25) is 0 Å². The number of alkyl halides is 3. The Bertz CT molecular complexity index is 410. The molecule has 1 atom stereocenters. The molecular weight excluding hydrogens is 273 g/mol. The Hall–Kier alpha value is -1.60. The summed E-state index contributed by atoms with van der Waals surface area (Å²) < 4.78 is 39.8. The average Bonchev–Trinajstić information content (AvgIpc) is 2.39. The van der Waals surface area contributed by atoms with Gasteiger partial charge in [0.15, 0.2) is 0 Å². The number of amides is 1. The minimum Gasteiger partial charge on any atom is -0.370 e. The number of benzene rings is 1. The summed E-state index contributed by atoms with van der Waals surface area (Å²) in [4.78, 5) is 11.9. The van der Waals surface area contributed by atoms with Gasteiger partial charge in [-0.15, -0.1) is 0 Å². The molecule has 1 rings (SSSR count). The van der Waals surface area contributed by atoms with E-state index in [1.165, 1.54) is 0 Å². The molecule has 1 unspecified atom stereocenters. The molecule has 0 fully saturated rings. The Kier molecular flexibility index (Phi) is 6.47. The van der Waals surface area contributed by atoms with Crippen LogP contribution in [-0.2, 0) is 9.53 Å². The van der Waals surface area contributed by atoms with E-state index in [1.807, 2.05) is 6.07 Å². The Morgan fingerprint density at radius 1 is 1.30 bits per heavy atom. The van der Waals surface area contributed by atoms with Crippen LogP contribution in [0.3, 0.4) is 0 Å². The lowest BCUT2D eigenvalue weighted by molar-refractivity contribution is -0.173. The summed E-state index contributed by atoms with van der Waals surface area (Å²) in [5.41, 5.74) is 6.32. The summed E-state index contributed by atoms with van der Waals surface area (Å²) in [7, 11) is 0. The van der Waals surface area contributed by atoms with Crippen LogP contribution < -0.4 is 11.1 Å². The quantitative estimate of drug-likeness (QED) is 0.747. The van der Waals surface area contributed by atoms with Crippen LogP contribution in [-0.4, -0.2) is 38.4 Å². The van der Waals surface area contributed by atoms with E-state index in [-0.39, 0.29) is 25.6 Å². The predicted octanol–water partition coefficient (Wildman–Crippen LogP) is 1.42. The molecule has 1 amide bonds. The fourth-order valence-corrected chi connectivity index (χ4v) is 1.64. The van der Waals surface area contributed by atoms with E-state index in [2.05, 4.69) is 10.1 Å². The summed E-state index contributed by atoms with van der Waals surface area (Å²) in [6, 6.07) is 8.95. The van der Waals surface area contributed by atoms with E-state index < -0.39 is 18.7 Å². The highest BCUT2D eigenvalue weighted by Gasteiger charge is 2.27. The summed E-state index contributed by atoms with van der Waals surface area (Å²) in [5, 5.41) is 2.51. The minimum atomic E-state index is -4.35. The lowest BCUT2D eigenvalue weighted by Crippen LogP contribution is -2.35. The third kappa shape index (κ3) is 6.03. The first kappa shape index (κ1) is 16.5. The first-order valence-electron chi connectivity index (χ1n) is 6.11. The second-order valence-electron chi connectivity index (χ2n) is 4.16. The van der Waals surface area contributed by atoms with Crippen LogP contribution >= 0.6 is 0 Å². The van der Waals surface area contributed by atoms with Gasteiger partial charge in [0.05, 0.1) is 12.5 Å². The molecule has 1 aromatic carbocycles. The highest BCUT2D eigenvalue weighted by molar-refractivity contribution is 5.83. The topological polar surface area (TPSA) is 64.4 Å². The molecule has 0 aliphatic heterocycles. The number of nitrogens with two attached hydrogens (primary N) is 1. The van der Waals surface area contributed by atoms with Crippen LogP contribution in [0.15, 0.2) is 30.3 Å². The SMILES string of the molecule is NCC(C(=O)NCCOCC(F)(F)F)c1ccccc1. The normalized spacial score (nSPS) is 13.0. The summed E-state index contributed by atoms with van der Waals surface area (Å²) in [6.45, 7) is -1.38. The van der Waals surface area contributed by atoms with Gasteiger partial charge >= 0.3 is 6.18 Å². The van der Waals surface area contributed by atoms with Gasteiger partial charge in [0.2, 0.25) is 5.91 Å². The molecule has 1 aromatic rings. The lowest BCUT2D eigenvalue weighted by atomic mass is 9.98. The maximum Gasteiger partial charge on any atom is 0.411 e. The van der Waals surface area contributed by atoms with E-state index in [0.717, 1.165) is 5.56 Å². The number of carbonyl (C=O) groups is 1. The highest BCUT2D eigenvalue weighted by Crippen LogP contribution is 2.15. The molecule has 3 N–H and O–H groups in total. The molecule has 0 saturated carbocycles. The Balaban J connectivity index is 2.34. The molecular formula is C13H17F3N2O2. The molecule has 112 valence electrons. The third-order valence-corrected chi connectivity index (χ3v) is 2.57. The lowest BCUT2D eigenvalue weighted by Gasteiger charge is -2.15. The summed E-state index contributed by atoms with van der Waals surface area (Å²) in [5.74, 6) is -0.840. The predicted molar refractivity (Wildman–Crippen MR) is 68.1 cm³/mol. The van der Waals surface area contributed by atoms with Crippen molar-refractivity contribution >= 4 is 5.91 Å². The number of hydrogen-bond acceptors (Lipinski definition) is 3. The number of nitrogens with one attached hydrogen (secondary N) is 1. The van der Waals surface area contributed by atoms with Gasteiger partial charge in [-0.1, -0.05) is 30.3 Å². The summed E-state index contributed by atoms with van der Waals surface area (Å²) in [6.07, 6.45) is -4.35. The van der Waals surface area contributed by atoms with E-state index >= 15 is 0 Å². The van der Waals surface area contributed by atoms with Gasteiger partial charge in [-0.05, 0) is 5.56 Å². The van der Waals surface area contributed by atoms with Crippen molar-refractivity contribution in [2.24, 2.45) is 5.73 Å². The van der Waals surface area contributed by atoms with Crippen molar-refractivity contribution in [1.29, 1.82) is 0 Å². The molecule has 0 aromatic heterocycles. The molecule has 0 spiro atoms. The van der Waals surface area contributed by atoms with Gasteiger partial charge in [-0.3, -0.25) is 4.79 Å². The van der Waals surface area contributed by atoms with Gasteiger partial charge in [0.1, 0.15) is 6.61 Å². The van der Waals surface area contributed by atoms with Gasteiger partial charge < -0.3 is 15.8 Å². The fourth-order valence-electron chi connectivity index (χ4n) is 1.64. The first-order chi connectivity index (χ1) is 9.44. The zero-order valence-corrected chi connectivity index (χ0v) is 10.8. The Labute approximate surface area is 115 Å². The van der Waals surface area contributed by atoms with Crippen LogP contribution in [0, 0.1) is 0 Å². The number of ether oxygens (including phenoxy) is 1. The Morgan fingerprint density at radius 3 is 2.50 bits per heavy atom. The molecule has 0 aliphatic rings. The van der Waals surface area contributed by atoms with Crippen LogP contribution in [0.5, 0.6) is 0 Å². The zero-order valence-electron chi connectivity index (χ0n) is 10.8. The van der Waals surface area contributed by atoms with E-state index in [1.54, 1.807) is 24.3 Å². The smallest absolute Gasteiger partial charge is 0.370 e. The average molecular weight is 290 g/mol. The second-order valence-corrected chi connectivity index (χ2v) is 4.16. The minimum absolute atomic E-state index is 0.0121. The van der Waals surface area contributed by atoms with Crippen molar-refractivity contribution in [2.45, 2.75) is 12.1 Å². The van der Waals surface area contributed by atoms with Crippen molar-refractivity contribution in [1.82, 2.24) is 5.32 Å². The van der Waals surface area contributed by atoms with Gasteiger partial charge in [0.25, 0.3) is 0 Å². The molecule has 0 bridgehead atoms. The Morgan fingerprint density at radius 2 is 1.95 bits per heavy atom. The molecule has 20 heavy (non-hydrogen) atoms. The standard InChI is InChI=1S/C13H17F3N2O2/c14-13(15,16)9-20-7-6-18-12(19)11(8-17)10-4-2-1-3-5-10/h1-5,11H,6-9,17H2,(H,18,19). The van der Waals surface area contributed by atoms with Gasteiger partial charge in [-0.2, -0.15) is 13.2 Å².